The molecule has 15 heavy (non-hydrogen) atoms. The van der Waals surface area contributed by atoms with Gasteiger partial charge in [-0.05, 0) is 28.7 Å². The van der Waals surface area contributed by atoms with Crippen molar-refractivity contribution in [2.45, 2.75) is 24.8 Å². The fraction of sp³-hybridized carbons (Fsp3) is 0.444. The number of rotatable bonds is 2. The molecule has 0 aromatic carbocycles. The Morgan fingerprint density at radius 3 is 2.73 bits per heavy atom. The van der Waals surface area contributed by atoms with Crippen molar-refractivity contribution >= 4 is 39.9 Å². The van der Waals surface area contributed by atoms with Crippen LogP contribution in [0.5, 0.6) is 0 Å². The Morgan fingerprint density at radius 1 is 1.53 bits per heavy atom. The minimum Gasteiger partial charge on any atom is -0.380 e. The summed E-state index contributed by atoms with van der Waals surface area (Å²) >= 11 is 7.78. The van der Waals surface area contributed by atoms with E-state index in [0.29, 0.717) is 5.15 Å². The molecule has 1 fully saturated rings. The highest BCUT2D eigenvalue weighted by molar-refractivity contribution is 14.1. The van der Waals surface area contributed by atoms with Gasteiger partial charge in [-0.1, -0.05) is 11.6 Å². The molecule has 1 N–H and O–H groups in total. The second kappa shape index (κ2) is 4.01. The summed E-state index contributed by atoms with van der Waals surface area (Å²) in [6.07, 6.45) is 1.36. The number of hydrogen-bond donors (Lipinski definition) is 1. The van der Waals surface area contributed by atoms with Crippen LogP contribution >= 0.6 is 34.2 Å². The number of halogens is 4. The van der Waals surface area contributed by atoms with Crippen molar-refractivity contribution < 1.29 is 8.78 Å². The van der Waals surface area contributed by atoms with E-state index >= 15 is 0 Å². The van der Waals surface area contributed by atoms with Crippen molar-refractivity contribution in [3.05, 3.63) is 21.0 Å². The first kappa shape index (κ1) is 11.3. The van der Waals surface area contributed by atoms with E-state index < -0.39 is 5.92 Å². The summed E-state index contributed by atoms with van der Waals surface area (Å²) in [7, 11) is 0. The molecule has 1 aromatic heterocycles. The van der Waals surface area contributed by atoms with Crippen LogP contribution in [0.2, 0.25) is 5.15 Å². The minimum absolute atomic E-state index is 0.105. The van der Waals surface area contributed by atoms with Crippen molar-refractivity contribution in [2.75, 3.05) is 5.32 Å². The fourth-order valence-corrected chi connectivity index (χ4v) is 2.43. The van der Waals surface area contributed by atoms with Gasteiger partial charge in [0.05, 0.1) is 11.9 Å². The lowest BCUT2D eigenvalue weighted by molar-refractivity contribution is -0.0793. The summed E-state index contributed by atoms with van der Waals surface area (Å²) in [6.45, 7) is 0. The van der Waals surface area contributed by atoms with Gasteiger partial charge in [-0.2, -0.15) is 0 Å². The van der Waals surface area contributed by atoms with Crippen LogP contribution in [0.1, 0.15) is 12.8 Å². The second-order valence-corrected chi connectivity index (χ2v) is 5.14. The smallest absolute Gasteiger partial charge is 0.252 e. The number of pyridine rings is 1. The monoisotopic (exact) mass is 344 g/mol. The van der Waals surface area contributed by atoms with Crippen LogP contribution in [0.4, 0.5) is 14.5 Å². The lowest BCUT2D eigenvalue weighted by Gasteiger charge is -2.36. The van der Waals surface area contributed by atoms with Gasteiger partial charge >= 0.3 is 0 Å². The Hall–Kier alpha value is -0.170. The molecule has 1 saturated carbocycles. The van der Waals surface area contributed by atoms with Gasteiger partial charge in [-0.15, -0.1) is 0 Å². The Morgan fingerprint density at radius 2 is 2.20 bits per heavy atom. The first-order valence-corrected chi connectivity index (χ1v) is 5.87. The van der Waals surface area contributed by atoms with E-state index in [9.17, 15) is 8.78 Å². The van der Waals surface area contributed by atoms with Gasteiger partial charge in [0.25, 0.3) is 5.92 Å². The number of aromatic nitrogens is 1. The maximum absolute atomic E-state index is 12.6. The molecule has 0 amide bonds. The van der Waals surface area contributed by atoms with E-state index in [-0.39, 0.29) is 18.9 Å². The molecule has 82 valence electrons. The quantitative estimate of drug-likeness (QED) is 0.655. The van der Waals surface area contributed by atoms with Crippen molar-refractivity contribution in [3.63, 3.8) is 0 Å². The lowest BCUT2D eigenvalue weighted by atomic mass is 9.88. The Bertz CT molecular complexity index is 378. The van der Waals surface area contributed by atoms with E-state index in [4.69, 9.17) is 11.6 Å². The van der Waals surface area contributed by atoms with Gasteiger partial charge in [0.2, 0.25) is 0 Å². The highest BCUT2D eigenvalue weighted by Crippen LogP contribution is 2.39. The molecule has 1 heterocycles. The maximum Gasteiger partial charge on any atom is 0.252 e. The van der Waals surface area contributed by atoms with Crippen LogP contribution < -0.4 is 5.32 Å². The Balaban J connectivity index is 2.00. The van der Waals surface area contributed by atoms with Gasteiger partial charge in [0, 0.05) is 22.5 Å². The molecule has 1 aliphatic rings. The predicted molar refractivity (Wildman–Crippen MR) is 63.6 cm³/mol. The van der Waals surface area contributed by atoms with Crippen LogP contribution in [0.25, 0.3) is 0 Å². The van der Waals surface area contributed by atoms with Crippen LogP contribution in [0.15, 0.2) is 12.3 Å². The molecule has 0 saturated heterocycles. The highest BCUT2D eigenvalue weighted by Gasteiger charge is 2.45. The summed E-state index contributed by atoms with van der Waals surface area (Å²) in [5.41, 5.74) is 0.764. The molecular formula is C9H8ClF2IN2. The van der Waals surface area contributed by atoms with Gasteiger partial charge in [0.1, 0.15) is 5.15 Å². The van der Waals surface area contributed by atoms with Gasteiger partial charge in [-0.25, -0.2) is 13.8 Å². The third-order valence-corrected chi connectivity index (χ3v) is 3.37. The first-order chi connectivity index (χ1) is 6.96. The van der Waals surface area contributed by atoms with Crippen LogP contribution in [-0.4, -0.2) is 16.9 Å². The molecule has 2 nitrogen and oxygen atoms in total. The minimum atomic E-state index is -2.50. The number of nitrogens with one attached hydrogen (secondary N) is 1. The van der Waals surface area contributed by atoms with Gasteiger partial charge < -0.3 is 5.32 Å². The molecule has 1 aliphatic carbocycles. The summed E-state index contributed by atoms with van der Waals surface area (Å²) in [5.74, 6) is -2.50. The molecule has 0 atom stereocenters. The molecule has 0 radical (unpaired) electrons. The van der Waals surface area contributed by atoms with E-state index in [0.717, 1.165) is 9.26 Å². The van der Waals surface area contributed by atoms with Crippen LogP contribution in [0, 0.1) is 3.57 Å². The molecule has 0 unspecified atom stereocenters. The molecule has 0 aliphatic heterocycles. The third kappa shape index (κ3) is 2.69. The van der Waals surface area contributed by atoms with Gasteiger partial charge in [-0.3, -0.25) is 0 Å². The van der Waals surface area contributed by atoms with E-state index in [1.807, 2.05) is 0 Å². The molecular weight excluding hydrogens is 336 g/mol. The molecule has 2 rings (SSSR count). The number of nitrogens with zero attached hydrogens (tertiary/aromatic N) is 1. The fourth-order valence-electron chi connectivity index (χ4n) is 1.50. The normalized spacial score (nSPS) is 19.7. The zero-order valence-electron chi connectivity index (χ0n) is 7.61. The van der Waals surface area contributed by atoms with Crippen molar-refractivity contribution in [2.24, 2.45) is 0 Å². The van der Waals surface area contributed by atoms with E-state index in [1.54, 1.807) is 12.3 Å². The topological polar surface area (TPSA) is 24.9 Å². The average molecular weight is 345 g/mol. The molecule has 6 heteroatoms. The SMILES string of the molecule is FC1(F)CC(Nc2cnc(Cl)cc2I)C1. The van der Waals surface area contributed by atoms with E-state index in [1.165, 1.54) is 0 Å². The second-order valence-electron chi connectivity index (χ2n) is 3.59. The lowest BCUT2D eigenvalue weighted by Crippen LogP contribution is -2.44. The summed E-state index contributed by atoms with van der Waals surface area (Å²) in [6, 6.07) is 1.54. The van der Waals surface area contributed by atoms with Crippen molar-refractivity contribution in [1.82, 2.24) is 4.98 Å². The zero-order chi connectivity index (χ0) is 11.1. The summed E-state index contributed by atoms with van der Waals surface area (Å²) in [4.78, 5) is 3.90. The molecule has 0 spiro atoms. The number of anilines is 1. The zero-order valence-corrected chi connectivity index (χ0v) is 10.5. The Kier molecular flexibility index (Phi) is 3.03. The predicted octanol–water partition coefficient (Wildman–Crippen LogP) is 3.55. The number of hydrogen-bond acceptors (Lipinski definition) is 2. The van der Waals surface area contributed by atoms with Gasteiger partial charge in [0.15, 0.2) is 0 Å². The Labute approximate surface area is 105 Å². The summed E-state index contributed by atoms with van der Waals surface area (Å²) < 4.78 is 26.0. The molecule has 0 bridgehead atoms. The first-order valence-electron chi connectivity index (χ1n) is 4.42. The van der Waals surface area contributed by atoms with E-state index in [2.05, 4.69) is 32.9 Å². The largest absolute Gasteiger partial charge is 0.380 e. The van der Waals surface area contributed by atoms with Crippen molar-refractivity contribution in [3.8, 4) is 0 Å². The highest BCUT2D eigenvalue weighted by atomic mass is 127. The molecule has 1 aromatic rings. The third-order valence-electron chi connectivity index (χ3n) is 2.27. The summed E-state index contributed by atoms with van der Waals surface area (Å²) in [5, 5.41) is 3.43. The maximum atomic E-state index is 12.6. The van der Waals surface area contributed by atoms with Crippen molar-refractivity contribution in [1.29, 1.82) is 0 Å². The van der Waals surface area contributed by atoms with Crippen LogP contribution in [0.3, 0.4) is 0 Å². The van der Waals surface area contributed by atoms with Crippen LogP contribution in [-0.2, 0) is 0 Å². The standard InChI is InChI=1S/C9H8ClF2IN2/c10-8-1-6(13)7(4-14-8)15-5-2-9(11,12)3-5/h1,4-5,15H,2-3H2. The average Bonchev–Trinajstić information content (AvgIpc) is 2.06. The number of alkyl halides is 2.